The van der Waals surface area contributed by atoms with Gasteiger partial charge in [-0.2, -0.15) is 4.31 Å². The number of ether oxygens (including phenoxy) is 1. The van der Waals surface area contributed by atoms with E-state index in [0.29, 0.717) is 37.7 Å². The fourth-order valence-electron chi connectivity index (χ4n) is 12.3. The van der Waals surface area contributed by atoms with Crippen molar-refractivity contribution < 1.29 is 41.3 Å². The molecule has 1 aromatic heterocycles. The predicted octanol–water partition coefficient (Wildman–Crippen LogP) is 8.58. The number of hydrogen-bond acceptors (Lipinski definition) is 7. The van der Waals surface area contributed by atoms with Gasteiger partial charge in [0, 0.05) is 40.8 Å². The van der Waals surface area contributed by atoms with E-state index in [1.165, 1.54) is 34.6 Å². The summed E-state index contributed by atoms with van der Waals surface area (Å²) >= 11 is 1.08. The summed E-state index contributed by atoms with van der Waals surface area (Å²) in [5, 5.41) is 25.7. The summed E-state index contributed by atoms with van der Waals surface area (Å²) in [6.07, 6.45) is 11.0. The normalized spacial score (nSPS) is 38.3. The number of Topliss-reactive ketones (excluding diaryl/α,β-unsaturated/α-hetero) is 1. The molecule has 0 aliphatic heterocycles. The number of rotatable bonds is 9. The number of sulfonamides is 1. The molecule has 0 amide bonds. The summed E-state index contributed by atoms with van der Waals surface area (Å²) in [4.78, 5) is 14.9. The van der Waals surface area contributed by atoms with E-state index in [2.05, 4.69) is 36.8 Å². The van der Waals surface area contributed by atoms with Gasteiger partial charge in [0.25, 0.3) is 10.0 Å². The van der Waals surface area contributed by atoms with Crippen molar-refractivity contribution >= 4 is 27.1 Å². The van der Waals surface area contributed by atoms with Crippen LogP contribution in [0.25, 0.3) is 0 Å². The molecule has 12 heteroatoms. The number of thiophene rings is 1. The Labute approximate surface area is 314 Å². The summed E-state index contributed by atoms with van der Waals surface area (Å²) in [5.41, 5.74) is -2.08. The lowest BCUT2D eigenvalue weighted by molar-refractivity contribution is -0.274. The number of ketones is 1. The monoisotopic (exact) mass is 773 g/mol. The van der Waals surface area contributed by atoms with E-state index in [-0.39, 0.29) is 46.3 Å². The number of halogens is 3. The largest absolute Gasteiger partial charge is 0.573 e. The molecule has 4 fully saturated rings. The van der Waals surface area contributed by atoms with Gasteiger partial charge in [0.1, 0.15) is 9.96 Å². The number of carbonyl (C=O) groups excluding carboxylic acids is 1. The van der Waals surface area contributed by atoms with Crippen LogP contribution in [0.15, 0.2) is 69.8 Å². The summed E-state index contributed by atoms with van der Waals surface area (Å²) in [6.45, 7) is 4.09. The molecule has 4 saturated carbocycles. The zero-order valence-electron chi connectivity index (χ0n) is 30.4. The Kier molecular flexibility index (Phi) is 9.01. The predicted molar refractivity (Wildman–Crippen MR) is 195 cm³/mol. The highest BCUT2D eigenvalue weighted by atomic mass is 32.2. The second kappa shape index (κ2) is 12.8. The van der Waals surface area contributed by atoms with Gasteiger partial charge < -0.3 is 14.9 Å². The third-order valence-electron chi connectivity index (χ3n) is 15.0. The van der Waals surface area contributed by atoms with Crippen LogP contribution in [0.5, 0.6) is 5.75 Å². The van der Waals surface area contributed by atoms with Crippen LogP contribution in [-0.4, -0.2) is 53.3 Å². The van der Waals surface area contributed by atoms with Crippen molar-refractivity contribution in [1.29, 1.82) is 0 Å². The highest BCUT2D eigenvalue weighted by molar-refractivity contribution is 7.91. The van der Waals surface area contributed by atoms with E-state index in [4.69, 9.17) is 0 Å². The van der Waals surface area contributed by atoms with Gasteiger partial charge >= 0.3 is 6.36 Å². The molecule has 9 rings (SSSR count). The fraction of sp³-hybridized carbons (Fsp3) is 0.634. The first-order valence-corrected chi connectivity index (χ1v) is 21.6. The van der Waals surface area contributed by atoms with Gasteiger partial charge in [0.15, 0.2) is 5.78 Å². The zero-order valence-corrected chi connectivity index (χ0v) is 32.0. The zero-order chi connectivity index (χ0) is 37.7. The van der Waals surface area contributed by atoms with Gasteiger partial charge in [-0.25, -0.2) is 8.42 Å². The van der Waals surface area contributed by atoms with Gasteiger partial charge in [-0.05, 0) is 104 Å². The minimum absolute atomic E-state index is 0.0400. The molecule has 53 heavy (non-hydrogen) atoms. The van der Waals surface area contributed by atoms with Crippen molar-refractivity contribution in [2.75, 3.05) is 6.54 Å². The van der Waals surface area contributed by atoms with E-state index in [1.807, 2.05) is 0 Å². The SMILES string of the molecule is C[C@]12CC[C@H]3[C@]4(C=C[C@@]5(C=C4C(=O)C4CCCCC4)CC(O)CC[C@]35C)[C@@H]1CC[C@@]2(O)CN(Cc1ccc(OC(F)(F)F)cc1)S(=O)(=O)c1cccs1. The Balaban J connectivity index is 1.17. The van der Waals surface area contributed by atoms with E-state index in [9.17, 15) is 36.6 Å². The minimum Gasteiger partial charge on any atom is -0.406 e. The van der Waals surface area contributed by atoms with Crippen molar-refractivity contribution in [2.45, 2.75) is 120 Å². The van der Waals surface area contributed by atoms with Crippen molar-refractivity contribution in [3.63, 3.8) is 0 Å². The van der Waals surface area contributed by atoms with Crippen LogP contribution in [0.4, 0.5) is 13.2 Å². The van der Waals surface area contributed by atoms with Crippen LogP contribution in [-0.2, 0) is 21.4 Å². The number of benzene rings is 1. The maximum absolute atomic E-state index is 14.9. The first-order chi connectivity index (χ1) is 25.0. The third kappa shape index (κ3) is 5.74. The maximum atomic E-state index is 14.9. The second-order valence-electron chi connectivity index (χ2n) is 17.4. The molecular weight excluding hydrogens is 724 g/mol. The molecular formula is C41H50F3NO6S2. The standard InChI is InChI=1S/C41H50F3NO6S2/c1-36-17-14-29(46)23-38(36)20-21-40(31(24-38)35(47)28-7-4-3-5-8-28)32(36)15-18-37(2)33(40)16-19-39(37,48)26-45(53(49,50)34-9-6-22-52-34)25-27-10-12-30(13-11-27)51-41(42,43)44/h6,9-13,20-22,24,28-29,32-33,46,48H,3-5,7-8,14-19,23,25-26H2,1-2H3/t29?,32-,33-,36-,37+,38+,39-,40-/m1/s1. The molecule has 2 spiro atoms. The topological polar surface area (TPSA) is 104 Å². The molecule has 7 nitrogen and oxygen atoms in total. The van der Waals surface area contributed by atoms with Gasteiger partial charge in [-0.15, -0.1) is 24.5 Å². The molecule has 2 bridgehead atoms. The lowest BCUT2D eigenvalue weighted by Gasteiger charge is -2.71. The molecule has 8 atom stereocenters. The Bertz CT molecular complexity index is 1910. The second-order valence-corrected chi connectivity index (χ2v) is 20.5. The summed E-state index contributed by atoms with van der Waals surface area (Å²) in [7, 11) is -4.11. The Hall–Kier alpha value is -2.51. The molecule has 7 aliphatic carbocycles. The van der Waals surface area contributed by atoms with Crippen LogP contribution in [0.2, 0.25) is 0 Å². The molecule has 1 unspecified atom stereocenters. The number of alkyl halides is 3. The van der Waals surface area contributed by atoms with Crippen LogP contribution >= 0.6 is 11.3 Å². The lowest BCUT2D eigenvalue weighted by atomic mass is 9.32. The van der Waals surface area contributed by atoms with Crippen molar-refractivity contribution in [2.24, 2.45) is 39.4 Å². The molecule has 7 aliphatic rings. The first kappa shape index (κ1) is 37.4. The number of nitrogens with zero attached hydrogens (tertiary/aromatic N) is 1. The van der Waals surface area contributed by atoms with E-state index < -0.39 is 50.1 Å². The van der Waals surface area contributed by atoms with E-state index in [0.717, 1.165) is 61.9 Å². The summed E-state index contributed by atoms with van der Waals surface area (Å²) < 4.78 is 72.7. The van der Waals surface area contributed by atoms with Crippen LogP contribution in [0, 0.1) is 39.4 Å². The van der Waals surface area contributed by atoms with E-state index in [1.54, 1.807) is 11.4 Å². The third-order valence-corrected chi connectivity index (χ3v) is 18.2. The van der Waals surface area contributed by atoms with Gasteiger partial charge in [0.2, 0.25) is 0 Å². The van der Waals surface area contributed by atoms with Gasteiger partial charge in [0.05, 0.1) is 11.7 Å². The fourth-order valence-corrected chi connectivity index (χ4v) is 14.9. The van der Waals surface area contributed by atoms with Gasteiger partial charge in [-0.1, -0.05) is 69.5 Å². The highest BCUT2D eigenvalue weighted by Gasteiger charge is 2.74. The summed E-state index contributed by atoms with van der Waals surface area (Å²) in [6, 6.07) is 8.35. The van der Waals surface area contributed by atoms with Crippen molar-refractivity contribution in [3.05, 3.63) is 71.1 Å². The molecule has 0 saturated heterocycles. The first-order valence-electron chi connectivity index (χ1n) is 19.2. The number of aliphatic hydroxyl groups is 2. The lowest BCUT2D eigenvalue weighted by Crippen LogP contribution is -2.67. The number of carbonyl (C=O) groups is 1. The van der Waals surface area contributed by atoms with Crippen molar-refractivity contribution in [3.8, 4) is 5.75 Å². The minimum atomic E-state index is -4.86. The number of aliphatic hydroxyl groups excluding tert-OH is 1. The average Bonchev–Trinajstić information content (AvgIpc) is 3.76. The number of allylic oxidation sites excluding steroid dienone is 4. The Morgan fingerprint density at radius 2 is 1.62 bits per heavy atom. The van der Waals surface area contributed by atoms with Crippen molar-refractivity contribution in [1.82, 2.24) is 4.31 Å². The number of fused-ring (bicyclic) bond motifs is 1. The molecule has 2 aromatic rings. The number of hydrogen-bond donors (Lipinski definition) is 2. The van der Waals surface area contributed by atoms with Crippen LogP contribution in [0.1, 0.15) is 96.5 Å². The Morgan fingerprint density at radius 3 is 2.30 bits per heavy atom. The van der Waals surface area contributed by atoms with Crippen LogP contribution < -0.4 is 4.74 Å². The molecule has 1 aromatic carbocycles. The van der Waals surface area contributed by atoms with E-state index >= 15 is 0 Å². The van der Waals surface area contributed by atoms with Gasteiger partial charge in [-0.3, -0.25) is 4.79 Å². The average molecular weight is 774 g/mol. The smallest absolute Gasteiger partial charge is 0.406 e. The Morgan fingerprint density at radius 1 is 0.943 bits per heavy atom. The molecule has 0 radical (unpaired) electrons. The summed E-state index contributed by atoms with van der Waals surface area (Å²) in [5.74, 6) is -0.203. The molecule has 2 N–H and O–H groups in total. The van der Waals surface area contributed by atoms with Crippen LogP contribution in [0.3, 0.4) is 0 Å². The quantitative estimate of drug-likeness (QED) is 0.248. The maximum Gasteiger partial charge on any atom is 0.573 e. The molecule has 288 valence electrons. The highest BCUT2D eigenvalue weighted by Crippen LogP contribution is 2.78. The molecule has 1 heterocycles.